The lowest BCUT2D eigenvalue weighted by Gasteiger charge is -2.35. The van der Waals surface area contributed by atoms with Crippen LogP contribution in [-0.2, 0) is 16.0 Å². The normalized spacial score (nSPS) is 17.8. The molecule has 0 atom stereocenters. The Labute approximate surface area is 151 Å². The molecule has 0 aromatic heterocycles. The molecule has 0 spiro atoms. The molecule has 1 heterocycles. The van der Waals surface area contributed by atoms with Gasteiger partial charge in [0.05, 0.1) is 11.6 Å². The Morgan fingerprint density at radius 2 is 1.83 bits per heavy atom. The van der Waals surface area contributed by atoms with E-state index in [2.05, 4.69) is 15.9 Å². The van der Waals surface area contributed by atoms with Gasteiger partial charge in [0, 0.05) is 38.5 Å². The Hall–Kier alpha value is -1.56. The Morgan fingerprint density at radius 1 is 1.17 bits per heavy atom. The van der Waals surface area contributed by atoms with Crippen molar-refractivity contribution in [3.8, 4) is 5.75 Å². The Balaban J connectivity index is 1.45. The van der Waals surface area contributed by atoms with Gasteiger partial charge in [-0.1, -0.05) is 6.07 Å². The van der Waals surface area contributed by atoms with Crippen LogP contribution in [0.4, 0.5) is 0 Å². The molecule has 1 aliphatic carbocycles. The van der Waals surface area contributed by atoms with Crippen molar-refractivity contribution in [1.29, 1.82) is 0 Å². The third kappa shape index (κ3) is 4.09. The molecule has 2 amide bonds. The van der Waals surface area contributed by atoms with Gasteiger partial charge in [0.15, 0.2) is 0 Å². The number of rotatable bonds is 5. The highest BCUT2D eigenvalue weighted by atomic mass is 79.9. The van der Waals surface area contributed by atoms with E-state index in [4.69, 9.17) is 4.74 Å². The molecule has 2 aliphatic rings. The predicted molar refractivity (Wildman–Crippen MR) is 94.9 cm³/mol. The fourth-order valence-corrected chi connectivity index (χ4v) is 3.63. The van der Waals surface area contributed by atoms with Gasteiger partial charge in [-0.3, -0.25) is 9.59 Å². The second-order valence-electron chi connectivity index (χ2n) is 6.45. The number of carbonyl (C=O) groups excluding carboxylic acids is 2. The van der Waals surface area contributed by atoms with Gasteiger partial charge in [0.2, 0.25) is 11.8 Å². The molecule has 3 rings (SSSR count). The highest BCUT2D eigenvalue weighted by Gasteiger charge is 2.35. The summed E-state index contributed by atoms with van der Waals surface area (Å²) in [5.41, 5.74) is 1.11. The summed E-state index contributed by atoms with van der Waals surface area (Å²) in [7, 11) is 1.64. The average molecular weight is 395 g/mol. The quantitative estimate of drug-likeness (QED) is 0.770. The third-order valence-corrected chi connectivity index (χ3v) is 5.33. The van der Waals surface area contributed by atoms with Gasteiger partial charge in [-0.15, -0.1) is 0 Å². The molecular weight excluding hydrogens is 372 g/mol. The molecule has 1 saturated heterocycles. The summed E-state index contributed by atoms with van der Waals surface area (Å²) in [5.74, 6) is 1.51. The number of ether oxygens (including phenoxy) is 1. The first-order valence-corrected chi connectivity index (χ1v) is 9.27. The van der Waals surface area contributed by atoms with Gasteiger partial charge < -0.3 is 14.5 Å². The first kappa shape index (κ1) is 17.3. The molecule has 0 bridgehead atoms. The van der Waals surface area contributed by atoms with Crippen LogP contribution in [0.5, 0.6) is 5.75 Å². The van der Waals surface area contributed by atoms with Gasteiger partial charge in [0.25, 0.3) is 0 Å². The maximum Gasteiger partial charge on any atom is 0.225 e. The van der Waals surface area contributed by atoms with E-state index in [9.17, 15) is 9.59 Å². The van der Waals surface area contributed by atoms with Crippen molar-refractivity contribution in [3.05, 3.63) is 28.2 Å². The summed E-state index contributed by atoms with van der Waals surface area (Å²) in [4.78, 5) is 28.2. The van der Waals surface area contributed by atoms with E-state index < -0.39 is 0 Å². The van der Waals surface area contributed by atoms with Crippen LogP contribution in [0.25, 0.3) is 0 Å². The van der Waals surface area contributed by atoms with Crippen LogP contribution in [0.1, 0.15) is 24.8 Å². The molecule has 1 saturated carbocycles. The summed E-state index contributed by atoms with van der Waals surface area (Å²) >= 11 is 3.47. The van der Waals surface area contributed by atoms with Gasteiger partial charge >= 0.3 is 0 Å². The fourth-order valence-electron chi connectivity index (χ4n) is 3.04. The molecule has 1 aliphatic heterocycles. The molecule has 2 fully saturated rings. The zero-order valence-corrected chi connectivity index (χ0v) is 15.5. The smallest absolute Gasteiger partial charge is 0.225 e. The van der Waals surface area contributed by atoms with Crippen LogP contribution in [-0.4, -0.2) is 54.9 Å². The zero-order valence-electron chi connectivity index (χ0n) is 14.0. The molecule has 1 aromatic carbocycles. The highest BCUT2D eigenvalue weighted by Crippen LogP contribution is 2.31. The molecule has 6 heteroatoms. The predicted octanol–water partition coefficient (Wildman–Crippen LogP) is 2.47. The largest absolute Gasteiger partial charge is 0.496 e. The topological polar surface area (TPSA) is 49.9 Å². The standard InChI is InChI=1S/C18H23BrN2O3/c1-24-16-6-2-13(12-15(16)19)3-7-17(22)20-8-10-21(11-9-20)18(23)14-4-5-14/h2,6,12,14H,3-5,7-11H2,1H3. The lowest BCUT2D eigenvalue weighted by Crippen LogP contribution is -2.51. The molecular formula is C18H23BrN2O3. The maximum atomic E-state index is 12.4. The highest BCUT2D eigenvalue weighted by molar-refractivity contribution is 9.10. The van der Waals surface area contributed by atoms with Crippen LogP contribution < -0.4 is 4.74 Å². The number of hydrogen-bond acceptors (Lipinski definition) is 3. The van der Waals surface area contributed by atoms with E-state index in [1.807, 2.05) is 28.0 Å². The van der Waals surface area contributed by atoms with Crippen molar-refractivity contribution in [2.45, 2.75) is 25.7 Å². The Kier molecular flexibility index (Phi) is 5.43. The minimum Gasteiger partial charge on any atom is -0.496 e. The monoisotopic (exact) mass is 394 g/mol. The number of carbonyl (C=O) groups is 2. The van der Waals surface area contributed by atoms with Crippen LogP contribution in [0.15, 0.2) is 22.7 Å². The van der Waals surface area contributed by atoms with Crippen LogP contribution in [0.3, 0.4) is 0 Å². The zero-order chi connectivity index (χ0) is 17.1. The number of amides is 2. The lowest BCUT2D eigenvalue weighted by molar-refractivity contribution is -0.140. The summed E-state index contributed by atoms with van der Waals surface area (Å²) in [6.07, 6.45) is 3.28. The van der Waals surface area contributed by atoms with Crippen LogP contribution in [0, 0.1) is 5.92 Å². The van der Waals surface area contributed by atoms with Gasteiger partial charge in [-0.25, -0.2) is 0 Å². The molecule has 1 aromatic rings. The Bertz CT molecular complexity index is 623. The summed E-state index contributed by atoms with van der Waals surface area (Å²) < 4.78 is 6.12. The molecule has 0 radical (unpaired) electrons. The van der Waals surface area contributed by atoms with E-state index in [1.54, 1.807) is 7.11 Å². The van der Waals surface area contributed by atoms with Gasteiger partial charge in [-0.05, 0) is 52.9 Å². The van der Waals surface area contributed by atoms with E-state index in [1.165, 1.54) is 0 Å². The number of benzene rings is 1. The second kappa shape index (κ2) is 7.55. The molecule has 0 unspecified atom stereocenters. The van der Waals surface area contributed by atoms with E-state index in [0.29, 0.717) is 39.0 Å². The van der Waals surface area contributed by atoms with Gasteiger partial charge in [-0.2, -0.15) is 0 Å². The van der Waals surface area contributed by atoms with Crippen LogP contribution in [0.2, 0.25) is 0 Å². The minimum absolute atomic E-state index is 0.167. The van der Waals surface area contributed by atoms with Crippen molar-refractivity contribution in [2.75, 3.05) is 33.3 Å². The molecule has 24 heavy (non-hydrogen) atoms. The van der Waals surface area contributed by atoms with E-state index in [-0.39, 0.29) is 17.7 Å². The van der Waals surface area contributed by atoms with Crippen molar-refractivity contribution < 1.29 is 14.3 Å². The van der Waals surface area contributed by atoms with Gasteiger partial charge in [0.1, 0.15) is 5.75 Å². The van der Waals surface area contributed by atoms with Crippen LogP contribution >= 0.6 is 15.9 Å². The second-order valence-corrected chi connectivity index (χ2v) is 7.30. The lowest BCUT2D eigenvalue weighted by atomic mass is 10.1. The maximum absolute atomic E-state index is 12.4. The number of aryl methyl sites for hydroxylation is 1. The first-order valence-electron chi connectivity index (χ1n) is 8.47. The Morgan fingerprint density at radius 3 is 2.42 bits per heavy atom. The number of nitrogens with zero attached hydrogens (tertiary/aromatic N) is 2. The molecule has 0 N–H and O–H groups in total. The number of hydrogen-bond donors (Lipinski definition) is 0. The summed E-state index contributed by atoms with van der Waals surface area (Å²) in [5, 5.41) is 0. The average Bonchev–Trinajstić information content (AvgIpc) is 3.44. The van der Waals surface area contributed by atoms with Crippen molar-refractivity contribution in [1.82, 2.24) is 9.80 Å². The van der Waals surface area contributed by atoms with Crippen molar-refractivity contribution >= 4 is 27.7 Å². The summed E-state index contributed by atoms with van der Waals surface area (Å²) in [6.45, 7) is 2.66. The van der Waals surface area contributed by atoms with E-state index in [0.717, 1.165) is 28.6 Å². The number of methoxy groups -OCH3 is 1. The van der Waals surface area contributed by atoms with Crippen molar-refractivity contribution in [3.63, 3.8) is 0 Å². The first-order chi connectivity index (χ1) is 11.6. The van der Waals surface area contributed by atoms with E-state index >= 15 is 0 Å². The number of piperazine rings is 1. The molecule has 130 valence electrons. The minimum atomic E-state index is 0.167. The third-order valence-electron chi connectivity index (χ3n) is 4.71. The summed E-state index contributed by atoms with van der Waals surface area (Å²) in [6, 6.07) is 5.90. The fraction of sp³-hybridized carbons (Fsp3) is 0.556. The van der Waals surface area contributed by atoms with Crippen molar-refractivity contribution in [2.24, 2.45) is 5.92 Å². The number of halogens is 1. The SMILES string of the molecule is COc1ccc(CCC(=O)N2CCN(C(=O)C3CC3)CC2)cc1Br. The molecule has 5 nitrogen and oxygen atoms in total.